The minimum absolute atomic E-state index is 0.0309. The fourth-order valence-corrected chi connectivity index (χ4v) is 7.14. The first-order valence-corrected chi connectivity index (χ1v) is 22.2. The normalized spacial score (nSPS) is 14.6. The highest BCUT2D eigenvalue weighted by Crippen LogP contribution is 2.18. The molecule has 1 aromatic heterocycles. The zero-order chi connectivity index (χ0) is 38.9. The molecule has 0 aliphatic rings. The average molecular weight is 750 g/mol. The lowest BCUT2D eigenvalue weighted by atomic mass is 10.1. The summed E-state index contributed by atoms with van der Waals surface area (Å²) in [7, 11) is 0. The van der Waals surface area contributed by atoms with E-state index in [4.69, 9.17) is 9.47 Å². The number of aliphatic hydroxyl groups excluding tert-OH is 2. The van der Waals surface area contributed by atoms with Crippen molar-refractivity contribution in [3.8, 4) is 0 Å². The molecule has 0 spiro atoms. The Morgan fingerprint density at radius 3 is 1.43 bits per heavy atom. The molecule has 0 amide bonds. The number of aromatic nitrogens is 2. The van der Waals surface area contributed by atoms with Gasteiger partial charge in [-0.3, -0.25) is 14.5 Å². The predicted molar refractivity (Wildman–Crippen MR) is 218 cm³/mol. The third-order valence-electron chi connectivity index (χ3n) is 10.6. The van der Waals surface area contributed by atoms with E-state index in [1.54, 1.807) is 12.5 Å². The summed E-state index contributed by atoms with van der Waals surface area (Å²) in [4.78, 5) is 31.3. The smallest absolute Gasteiger partial charge is 0.306 e. The van der Waals surface area contributed by atoms with Crippen LogP contribution in [0.25, 0.3) is 0 Å². The second-order valence-electron chi connectivity index (χ2n) is 15.7. The van der Waals surface area contributed by atoms with Gasteiger partial charge in [-0.05, 0) is 71.1 Å². The van der Waals surface area contributed by atoms with Crippen molar-refractivity contribution < 1.29 is 29.3 Å². The number of ether oxygens (including phenoxy) is 2. The Balaban J connectivity index is 2.37. The number of carbonyl (C=O) groups is 2. The molecule has 0 fully saturated rings. The van der Waals surface area contributed by atoms with E-state index in [0.29, 0.717) is 45.3 Å². The van der Waals surface area contributed by atoms with E-state index in [0.717, 1.165) is 77.0 Å². The summed E-state index contributed by atoms with van der Waals surface area (Å²) >= 11 is 0. The second-order valence-corrected chi connectivity index (χ2v) is 15.7. The van der Waals surface area contributed by atoms with Crippen LogP contribution in [-0.4, -0.2) is 80.7 Å². The minimum Gasteiger partial charge on any atom is -0.462 e. The lowest BCUT2D eigenvalue weighted by Gasteiger charge is -2.30. The van der Waals surface area contributed by atoms with E-state index in [9.17, 15) is 19.8 Å². The van der Waals surface area contributed by atoms with E-state index in [1.165, 1.54) is 64.2 Å². The Bertz CT molecular complexity index is 920. The third-order valence-corrected chi connectivity index (χ3v) is 10.6. The largest absolute Gasteiger partial charge is 0.462 e. The maximum atomic E-state index is 12.5. The molecule has 1 rings (SSSR count). The number of unbranched alkanes of at least 4 members (excludes halogenated alkanes) is 14. The van der Waals surface area contributed by atoms with Gasteiger partial charge in [-0.25, -0.2) is 4.98 Å². The third kappa shape index (κ3) is 27.3. The fraction of sp³-hybridized carbons (Fsp3) is 0.886. The zero-order valence-corrected chi connectivity index (χ0v) is 35.0. The second kappa shape index (κ2) is 33.4. The number of esters is 2. The molecule has 0 aliphatic carbocycles. The highest BCUT2D eigenvalue weighted by molar-refractivity contribution is 5.69. The maximum absolute atomic E-state index is 12.5. The standard InChI is InChI=1S/C44H83N3O6/c1-6-10-12-14-16-22-28-41(8-3)52-43(50)30-24-18-20-26-39(48)35-46(34-38(5)47-33-32-45-37-47)36-40(49)27-21-19-25-31-44(51)53-42(9-4)29-23-17-15-13-11-7-2/h32-33,37-42,48-49H,6-31,34-36H2,1-5H3. The molecule has 0 radical (unpaired) electrons. The minimum atomic E-state index is -0.509. The van der Waals surface area contributed by atoms with Crippen LogP contribution in [0.1, 0.15) is 208 Å². The molecule has 5 atom stereocenters. The Hall–Kier alpha value is -1.97. The number of nitrogens with zero attached hydrogens (tertiary/aromatic N) is 3. The zero-order valence-electron chi connectivity index (χ0n) is 35.0. The Morgan fingerprint density at radius 2 is 1.02 bits per heavy atom. The molecule has 1 aromatic rings. The monoisotopic (exact) mass is 750 g/mol. The van der Waals surface area contributed by atoms with Gasteiger partial charge in [0.15, 0.2) is 0 Å². The summed E-state index contributed by atoms with van der Waals surface area (Å²) in [6.45, 7) is 12.4. The van der Waals surface area contributed by atoms with E-state index in [-0.39, 0.29) is 30.2 Å². The number of rotatable bonds is 37. The van der Waals surface area contributed by atoms with Crippen LogP contribution in [0.5, 0.6) is 0 Å². The van der Waals surface area contributed by atoms with E-state index in [1.807, 2.05) is 6.20 Å². The molecule has 9 heteroatoms. The van der Waals surface area contributed by atoms with Crippen molar-refractivity contribution in [2.24, 2.45) is 0 Å². The number of imidazole rings is 1. The lowest BCUT2D eigenvalue weighted by molar-refractivity contribution is -0.150. The summed E-state index contributed by atoms with van der Waals surface area (Å²) in [5.74, 6) is -0.193. The summed E-state index contributed by atoms with van der Waals surface area (Å²) < 4.78 is 13.6. The molecule has 0 aliphatic heterocycles. The molecule has 9 nitrogen and oxygen atoms in total. The molecule has 310 valence electrons. The summed E-state index contributed by atoms with van der Waals surface area (Å²) in [6.07, 6.45) is 30.3. The Labute approximate surface area is 325 Å². The van der Waals surface area contributed by atoms with Crippen LogP contribution in [0.3, 0.4) is 0 Å². The van der Waals surface area contributed by atoms with Crippen molar-refractivity contribution in [1.82, 2.24) is 14.5 Å². The molecule has 5 unspecified atom stereocenters. The molecule has 0 saturated heterocycles. The van der Waals surface area contributed by atoms with E-state index >= 15 is 0 Å². The first kappa shape index (κ1) is 49.0. The van der Waals surface area contributed by atoms with Crippen LogP contribution in [0.4, 0.5) is 0 Å². The van der Waals surface area contributed by atoms with Gasteiger partial charge >= 0.3 is 11.9 Å². The average Bonchev–Trinajstić information content (AvgIpc) is 3.69. The maximum Gasteiger partial charge on any atom is 0.306 e. The first-order valence-electron chi connectivity index (χ1n) is 22.2. The van der Waals surface area contributed by atoms with Crippen molar-refractivity contribution in [1.29, 1.82) is 0 Å². The van der Waals surface area contributed by atoms with Crippen molar-refractivity contribution in [2.75, 3.05) is 19.6 Å². The molecule has 2 N–H and O–H groups in total. The molecule has 0 aromatic carbocycles. The predicted octanol–water partition coefficient (Wildman–Crippen LogP) is 10.5. The van der Waals surface area contributed by atoms with Crippen LogP contribution >= 0.6 is 0 Å². The molecule has 1 heterocycles. The van der Waals surface area contributed by atoms with E-state index in [2.05, 4.69) is 49.1 Å². The van der Waals surface area contributed by atoms with Gasteiger partial charge in [0, 0.05) is 50.9 Å². The van der Waals surface area contributed by atoms with Crippen LogP contribution in [0, 0.1) is 0 Å². The molecular formula is C44H83N3O6. The van der Waals surface area contributed by atoms with Gasteiger partial charge in [-0.2, -0.15) is 0 Å². The quantitative estimate of drug-likeness (QED) is 0.0510. The molecule has 0 saturated carbocycles. The van der Waals surface area contributed by atoms with E-state index < -0.39 is 12.2 Å². The van der Waals surface area contributed by atoms with Gasteiger partial charge in [0.2, 0.25) is 0 Å². The van der Waals surface area contributed by atoms with Crippen LogP contribution < -0.4 is 0 Å². The van der Waals surface area contributed by atoms with Crippen LogP contribution in [0.15, 0.2) is 18.7 Å². The SMILES string of the molecule is CCCCCCCCC(CC)OC(=O)CCCCCC(O)CN(CC(O)CCCCCC(=O)OC(CC)CCCCCCCC)CC(C)n1ccnc1. The van der Waals surface area contributed by atoms with Gasteiger partial charge in [0.05, 0.1) is 18.5 Å². The first-order chi connectivity index (χ1) is 25.7. The van der Waals surface area contributed by atoms with Gasteiger partial charge in [-0.1, -0.05) is 118 Å². The highest BCUT2D eigenvalue weighted by atomic mass is 16.5. The van der Waals surface area contributed by atoms with Crippen molar-refractivity contribution >= 4 is 11.9 Å². The lowest BCUT2D eigenvalue weighted by Crippen LogP contribution is -2.40. The molecule has 53 heavy (non-hydrogen) atoms. The molecular weight excluding hydrogens is 666 g/mol. The van der Waals surface area contributed by atoms with Crippen LogP contribution in [-0.2, 0) is 19.1 Å². The number of aliphatic hydroxyl groups is 2. The highest BCUT2D eigenvalue weighted by Gasteiger charge is 2.20. The van der Waals surface area contributed by atoms with Crippen molar-refractivity contribution in [3.05, 3.63) is 18.7 Å². The topological polar surface area (TPSA) is 114 Å². The van der Waals surface area contributed by atoms with Crippen LogP contribution in [0.2, 0.25) is 0 Å². The van der Waals surface area contributed by atoms with Gasteiger partial charge < -0.3 is 24.3 Å². The Morgan fingerprint density at radius 1 is 0.604 bits per heavy atom. The van der Waals surface area contributed by atoms with Gasteiger partial charge in [-0.15, -0.1) is 0 Å². The van der Waals surface area contributed by atoms with Gasteiger partial charge in [0.1, 0.15) is 12.2 Å². The summed E-state index contributed by atoms with van der Waals surface area (Å²) in [5.41, 5.74) is 0. The molecule has 0 bridgehead atoms. The number of hydrogen-bond donors (Lipinski definition) is 2. The Kier molecular flexibility index (Phi) is 30.9. The van der Waals surface area contributed by atoms with Gasteiger partial charge in [0.25, 0.3) is 0 Å². The van der Waals surface area contributed by atoms with Crippen molar-refractivity contribution in [2.45, 2.75) is 232 Å². The number of hydrogen-bond acceptors (Lipinski definition) is 8. The van der Waals surface area contributed by atoms with Crippen molar-refractivity contribution in [3.63, 3.8) is 0 Å². The summed E-state index contributed by atoms with van der Waals surface area (Å²) in [5, 5.41) is 22.0. The number of carbonyl (C=O) groups excluding carboxylic acids is 2. The summed E-state index contributed by atoms with van der Waals surface area (Å²) in [6, 6.07) is 0.148. The fourth-order valence-electron chi connectivity index (χ4n) is 7.14.